The van der Waals surface area contributed by atoms with Crippen molar-refractivity contribution < 1.29 is 18.3 Å². The molecule has 4 rings (SSSR count). The van der Waals surface area contributed by atoms with E-state index in [-0.39, 0.29) is 46.9 Å². The molecule has 0 radical (unpaired) electrons. The first-order valence-corrected chi connectivity index (χ1v) is 11.1. The zero-order valence-corrected chi connectivity index (χ0v) is 19.4. The number of nitrogen functional groups attached to an aromatic ring is 1. The zero-order chi connectivity index (χ0) is 24.4. The Balaban J connectivity index is 1.56. The number of benzene rings is 2. The van der Waals surface area contributed by atoms with Gasteiger partial charge in [-0.3, -0.25) is 4.79 Å². The normalized spacial score (nSPS) is 18.1. The molecule has 1 saturated heterocycles. The third-order valence-corrected chi connectivity index (χ3v) is 5.92. The number of piperazine rings is 1. The summed E-state index contributed by atoms with van der Waals surface area (Å²) in [6.07, 6.45) is 1.45. The number of aromatic nitrogens is 2. The van der Waals surface area contributed by atoms with E-state index in [9.17, 15) is 13.6 Å². The first-order valence-electron chi connectivity index (χ1n) is 10.8. The topological polar surface area (TPSA) is 93.4 Å². The van der Waals surface area contributed by atoms with E-state index in [0.717, 1.165) is 12.1 Å². The second-order valence-electron chi connectivity index (χ2n) is 8.32. The summed E-state index contributed by atoms with van der Waals surface area (Å²) >= 11 is 5.86. The molecule has 178 valence electrons. The van der Waals surface area contributed by atoms with Gasteiger partial charge in [0, 0.05) is 41.9 Å². The minimum atomic E-state index is -0.760. The summed E-state index contributed by atoms with van der Waals surface area (Å²) in [5, 5.41) is 3.04. The molecule has 1 fully saturated rings. The van der Waals surface area contributed by atoms with Gasteiger partial charge < -0.3 is 20.7 Å². The van der Waals surface area contributed by atoms with E-state index in [0.29, 0.717) is 29.9 Å². The van der Waals surface area contributed by atoms with Crippen LogP contribution >= 0.6 is 11.6 Å². The molecule has 0 bridgehead atoms. The first-order chi connectivity index (χ1) is 16.2. The lowest BCUT2D eigenvalue weighted by Crippen LogP contribution is -2.55. The monoisotopic (exact) mass is 487 g/mol. The van der Waals surface area contributed by atoms with Crippen LogP contribution in [-0.2, 0) is 6.61 Å². The van der Waals surface area contributed by atoms with E-state index in [4.69, 9.17) is 22.1 Å². The van der Waals surface area contributed by atoms with Crippen LogP contribution in [0.2, 0.25) is 5.02 Å². The van der Waals surface area contributed by atoms with Crippen molar-refractivity contribution in [3.8, 4) is 17.1 Å². The number of rotatable bonds is 5. The van der Waals surface area contributed by atoms with Gasteiger partial charge in [0.15, 0.2) is 5.82 Å². The Morgan fingerprint density at radius 1 is 1.21 bits per heavy atom. The fourth-order valence-electron chi connectivity index (χ4n) is 3.96. The van der Waals surface area contributed by atoms with E-state index in [1.165, 1.54) is 6.20 Å². The largest absolute Gasteiger partial charge is 0.470 e. The summed E-state index contributed by atoms with van der Waals surface area (Å²) in [6.45, 7) is 4.93. The highest BCUT2D eigenvalue weighted by Gasteiger charge is 2.25. The maximum Gasteiger partial charge on any atom is 0.258 e. The number of amides is 1. The molecule has 3 N–H and O–H groups in total. The van der Waals surface area contributed by atoms with Crippen LogP contribution in [-0.4, -0.2) is 45.9 Å². The summed E-state index contributed by atoms with van der Waals surface area (Å²) < 4.78 is 33.3. The van der Waals surface area contributed by atoms with Crippen LogP contribution in [0.3, 0.4) is 0 Å². The Morgan fingerprint density at radius 2 is 1.91 bits per heavy atom. The predicted octanol–water partition coefficient (Wildman–Crippen LogP) is 4.06. The van der Waals surface area contributed by atoms with Gasteiger partial charge in [-0.15, -0.1) is 0 Å². The number of carbonyl (C=O) groups is 1. The molecule has 0 saturated carbocycles. The van der Waals surface area contributed by atoms with Gasteiger partial charge in [-0.2, -0.15) is 0 Å². The summed E-state index contributed by atoms with van der Waals surface area (Å²) in [4.78, 5) is 23.4. The minimum Gasteiger partial charge on any atom is -0.470 e. The molecule has 2 aromatic carbocycles. The summed E-state index contributed by atoms with van der Waals surface area (Å²) in [5.74, 6) is -1.62. The van der Waals surface area contributed by atoms with E-state index in [1.54, 1.807) is 24.3 Å². The molecule has 0 spiro atoms. The first kappa shape index (κ1) is 23.8. The summed E-state index contributed by atoms with van der Waals surface area (Å²) in [7, 11) is 0. The van der Waals surface area contributed by atoms with Crippen LogP contribution in [0, 0.1) is 11.6 Å². The lowest BCUT2D eigenvalue weighted by Gasteiger charge is -2.36. The van der Waals surface area contributed by atoms with Crippen LogP contribution < -0.4 is 15.8 Å². The Bertz CT molecular complexity index is 1220. The molecule has 0 aliphatic carbocycles. The van der Waals surface area contributed by atoms with Crippen molar-refractivity contribution >= 4 is 23.3 Å². The van der Waals surface area contributed by atoms with Crippen molar-refractivity contribution in [2.45, 2.75) is 32.5 Å². The van der Waals surface area contributed by atoms with Crippen molar-refractivity contribution in [1.82, 2.24) is 20.2 Å². The second-order valence-corrected chi connectivity index (χ2v) is 8.69. The van der Waals surface area contributed by atoms with Crippen molar-refractivity contribution in [1.29, 1.82) is 0 Å². The Labute approximate surface area is 200 Å². The summed E-state index contributed by atoms with van der Waals surface area (Å²) in [6, 6.07) is 9.34. The number of nitrogens with two attached hydrogens (primary N) is 1. The van der Waals surface area contributed by atoms with Crippen LogP contribution in [0.25, 0.3) is 11.3 Å². The molecule has 1 aromatic heterocycles. The third kappa shape index (κ3) is 5.10. The van der Waals surface area contributed by atoms with Crippen molar-refractivity contribution in [2.24, 2.45) is 0 Å². The second kappa shape index (κ2) is 9.90. The molecule has 1 aliphatic heterocycles. The number of halogens is 3. The molecule has 0 unspecified atom stereocenters. The molecule has 1 amide bonds. The average molecular weight is 488 g/mol. The van der Waals surface area contributed by atoms with Gasteiger partial charge in [-0.25, -0.2) is 18.7 Å². The fourth-order valence-corrected chi connectivity index (χ4v) is 4.16. The van der Waals surface area contributed by atoms with Gasteiger partial charge in [0.05, 0.1) is 16.9 Å². The van der Waals surface area contributed by atoms with Gasteiger partial charge in [-0.1, -0.05) is 23.7 Å². The van der Waals surface area contributed by atoms with E-state index in [1.807, 2.05) is 18.7 Å². The molecule has 7 nitrogen and oxygen atoms in total. The van der Waals surface area contributed by atoms with Gasteiger partial charge in [-0.05, 0) is 38.1 Å². The number of hydrogen-bond acceptors (Lipinski definition) is 6. The van der Waals surface area contributed by atoms with Crippen LogP contribution in [0.5, 0.6) is 5.88 Å². The van der Waals surface area contributed by atoms with E-state index >= 15 is 0 Å². The van der Waals surface area contributed by atoms with Crippen molar-refractivity contribution in [3.63, 3.8) is 0 Å². The quantitative estimate of drug-likeness (QED) is 0.527. The summed E-state index contributed by atoms with van der Waals surface area (Å²) in [5.41, 5.74) is 7.29. The van der Waals surface area contributed by atoms with Crippen molar-refractivity contribution in [3.05, 3.63) is 70.4 Å². The molecule has 2 heterocycles. The molecular weight excluding hydrogens is 464 g/mol. The van der Waals surface area contributed by atoms with E-state index < -0.39 is 11.6 Å². The Kier molecular flexibility index (Phi) is 6.95. The average Bonchev–Trinajstić information content (AvgIpc) is 2.81. The smallest absolute Gasteiger partial charge is 0.258 e. The highest BCUT2D eigenvalue weighted by Crippen LogP contribution is 2.27. The lowest BCUT2D eigenvalue weighted by atomic mass is 10.1. The lowest BCUT2D eigenvalue weighted by molar-refractivity contribution is 0.0674. The predicted molar refractivity (Wildman–Crippen MR) is 126 cm³/mol. The highest BCUT2D eigenvalue weighted by molar-refractivity contribution is 6.31. The van der Waals surface area contributed by atoms with Gasteiger partial charge in [0.1, 0.15) is 18.2 Å². The van der Waals surface area contributed by atoms with Crippen LogP contribution in [0.15, 0.2) is 42.6 Å². The van der Waals surface area contributed by atoms with Crippen LogP contribution in [0.1, 0.15) is 29.8 Å². The zero-order valence-electron chi connectivity index (χ0n) is 18.7. The Hall–Kier alpha value is -3.30. The molecular formula is C24H24ClF2N5O2. The third-order valence-electron chi connectivity index (χ3n) is 5.51. The SMILES string of the molecule is C[C@@H]1CN(C(=O)c2cccc(-c3cnc(N)c(OCc4c(F)ccc(F)c4Cl)n3)c2)C[C@H](C)N1. The number of hydrogen-bond donors (Lipinski definition) is 2. The maximum absolute atomic E-state index is 14.1. The van der Waals surface area contributed by atoms with E-state index in [2.05, 4.69) is 15.3 Å². The molecule has 3 aromatic rings. The molecule has 2 atom stereocenters. The molecule has 34 heavy (non-hydrogen) atoms. The van der Waals surface area contributed by atoms with Gasteiger partial charge >= 0.3 is 0 Å². The highest BCUT2D eigenvalue weighted by atomic mass is 35.5. The fraction of sp³-hybridized carbons (Fsp3) is 0.292. The molecule has 10 heteroatoms. The molecule has 1 aliphatic rings. The number of nitrogens with zero attached hydrogens (tertiary/aromatic N) is 3. The van der Waals surface area contributed by atoms with Gasteiger partial charge in [0.2, 0.25) is 0 Å². The van der Waals surface area contributed by atoms with Gasteiger partial charge in [0.25, 0.3) is 11.8 Å². The maximum atomic E-state index is 14.1. The number of carbonyl (C=O) groups excluding carboxylic acids is 1. The minimum absolute atomic E-state index is 0.0206. The number of nitrogens with one attached hydrogen (secondary N) is 1. The number of anilines is 1. The van der Waals surface area contributed by atoms with Crippen LogP contribution in [0.4, 0.5) is 14.6 Å². The van der Waals surface area contributed by atoms with Crippen molar-refractivity contribution in [2.75, 3.05) is 18.8 Å². The standard InChI is InChI=1S/C24H24ClF2N5O2/c1-13-10-32(11-14(2)30-13)24(33)16-5-3-4-15(8-16)20-9-29-22(28)23(31-20)34-12-17-18(26)6-7-19(27)21(17)25/h3-9,13-14,30H,10-12H2,1-2H3,(H2,28,29)/t13-,14+. The number of ether oxygens (including phenoxy) is 1. The Morgan fingerprint density at radius 3 is 2.65 bits per heavy atom.